The summed E-state index contributed by atoms with van der Waals surface area (Å²) in [5.74, 6) is 0. The first-order valence-corrected chi connectivity index (χ1v) is 6.55. The quantitative estimate of drug-likeness (QED) is 0.844. The van der Waals surface area contributed by atoms with Gasteiger partial charge in [0.25, 0.3) is 0 Å². The van der Waals surface area contributed by atoms with Gasteiger partial charge < -0.3 is 5.32 Å². The van der Waals surface area contributed by atoms with Gasteiger partial charge >= 0.3 is 0 Å². The smallest absolute Gasteiger partial charge is 0.211 e. The van der Waals surface area contributed by atoms with Gasteiger partial charge in [0.2, 0.25) is 6.41 Å². The van der Waals surface area contributed by atoms with E-state index in [1.807, 2.05) is 0 Å². The number of benzene rings is 1. The maximum absolute atomic E-state index is 11.8. The number of halogens is 1. The normalized spacial score (nSPS) is 11.5. The highest BCUT2D eigenvalue weighted by Gasteiger charge is 2.19. The first-order valence-electron chi connectivity index (χ1n) is 4.63. The van der Waals surface area contributed by atoms with E-state index >= 15 is 0 Å². The maximum atomic E-state index is 11.8. The minimum atomic E-state index is -3.35. The Balaban J connectivity index is 3.28. The molecular formula is C10H12ClNO3S. The molecule has 1 aromatic carbocycles. The molecule has 0 aliphatic heterocycles. The molecule has 1 aromatic rings. The van der Waals surface area contributed by atoms with Crippen molar-refractivity contribution in [1.82, 2.24) is 0 Å². The summed E-state index contributed by atoms with van der Waals surface area (Å²) in [5.41, 5.74) is 0.290. The molecule has 0 radical (unpaired) electrons. The summed E-state index contributed by atoms with van der Waals surface area (Å²) in [6, 6.07) is 4.22. The van der Waals surface area contributed by atoms with Crippen LogP contribution in [0.15, 0.2) is 23.1 Å². The van der Waals surface area contributed by atoms with Crippen LogP contribution in [0.4, 0.5) is 5.69 Å². The third kappa shape index (κ3) is 2.54. The van der Waals surface area contributed by atoms with E-state index in [9.17, 15) is 13.2 Å². The summed E-state index contributed by atoms with van der Waals surface area (Å²) >= 11 is 5.79. The fraction of sp³-hybridized carbons (Fsp3) is 0.300. The van der Waals surface area contributed by atoms with Crippen molar-refractivity contribution in [2.75, 3.05) is 5.32 Å². The largest absolute Gasteiger partial charge is 0.327 e. The van der Waals surface area contributed by atoms with Gasteiger partial charge in [-0.3, -0.25) is 4.79 Å². The highest BCUT2D eigenvalue weighted by Crippen LogP contribution is 2.26. The van der Waals surface area contributed by atoms with E-state index in [2.05, 4.69) is 5.32 Å². The average Bonchev–Trinajstić information content (AvgIpc) is 2.21. The Bertz CT molecular complexity index is 497. The number of sulfone groups is 1. The minimum absolute atomic E-state index is 0.149. The molecule has 0 aliphatic carbocycles. The first-order chi connectivity index (χ1) is 7.39. The number of hydrogen-bond donors (Lipinski definition) is 1. The van der Waals surface area contributed by atoms with Crippen LogP contribution in [-0.2, 0) is 14.6 Å². The van der Waals surface area contributed by atoms with Gasteiger partial charge in [-0.2, -0.15) is 0 Å². The molecule has 6 heteroatoms. The predicted octanol–water partition coefficient (Wildman–Crippen LogP) is 2.09. The lowest BCUT2D eigenvalue weighted by Crippen LogP contribution is -2.14. The maximum Gasteiger partial charge on any atom is 0.211 e. The fourth-order valence-corrected chi connectivity index (χ4v) is 2.38. The summed E-state index contributed by atoms with van der Waals surface area (Å²) in [7, 11) is -3.35. The zero-order valence-corrected chi connectivity index (χ0v) is 10.5. The zero-order chi connectivity index (χ0) is 12.3. The molecule has 0 fully saturated rings. The SMILES string of the molecule is CC(C)S(=O)(=O)c1ccc(Cl)c(NC=O)c1. The van der Waals surface area contributed by atoms with Crippen LogP contribution in [0.2, 0.25) is 5.02 Å². The minimum Gasteiger partial charge on any atom is -0.327 e. The summed E-state index contributed by atoms with van der Waals surface area (Å²) in [5, 5.41) is 2.14. The summed E-state index contributed by atoms with van der Waals surface area (Å²) in [6.45, 7) is 3.19. The summed E-state index contributed by atoms with van der Waals surface area (Å²) < 4.78 is 23.7. The van der Waals surface area contributed by atoms with Crippen molar-refractivity contribution in [1.29, 1.82) is 0 Å². The lowest BCUT2D eigenvalue weighted by atomic mass is 10.3. The van der Waals surface area contributed by atoms with Crippen molar-refractivity contribution in [3.63, 3.8) is 0 Å². The number of carbonyl (C=O) groups excluding carboxylic acids is 1. The van der Waals surface area contributed by atoms with Crippen LogP contribution in [0, 0.1) is 0 Å². The van der Waals surface area contributed by atoms with E-state index in [0.717, 1.165) is 0 Å². The van der Waals surface area contributed by atoms with Crippen LogP contribution in [0.5, 0.6) is 0 Å². The van der Waals surface area contributed by atoms with Crippen LogP contribution >= 0.6 is 11.6 Å². The van der Waals surface area contributed by atoms with E-state index in [-0.39, 0.29) is 4.90 Å². The van der Waals surface area contributed by atoms with Gasteiger partial charge in [-0.15, -0.1) is 0 Å². The Morgan fingerprint density at radius 3 is 2.50 bits per heavy atom. The van der Waals surface area contributed by atoms with E-state index in [4.69, 9.17) is 11.6 Å². The van der Waals surface area contributed by atoms with Crippen LogP contribution < -0.4 is 5.32 Å². The molecule has 1 N–H and O–H groups in total. The molecule has 4 nitrogen and oxygen atoms in total. The van der Waals surface area contributed by atoms with Crippen molar-refractivity contribution < 1.29 is 13.2 Å². The molecule has 0 aromatic heterocycles. The van der Waals surface area contributed by atoms with Crippen molar-refractivity contribution >= 4 is 33.5 Å². The van der Waals surface area contributed by atoms with Gasteiger partial charge in [0.05, 0.1) is 20.9 Å². The molecule has 0 atom stereocenters. The van der Waals surface area contributed by atoms with Crippen LogP contribution in [-0.4, -0.2) is 20.1 Å². The molecule has 0 bridgehead atoms. The molecule has 0 heterocycles. The van der Waals surface area contributed by atoms with Gasteiger partial charge in [0.1, 0.15) is 0 Å². The monoisotopic (exact) mass is 261 g/mol. The number of amides is 1. The second-order valence-electron chi connectivity index (χ2n) is 3.50. The summed E-state index contributed by atoms with van der Waals surface area (Å²) in [4.78, 5) is 10.5. The Hall–Kier alpha value is -1.07. The van der Waals surface area contributed by atoms with Crippen LogP contribution in [0.3, 0.4) is 0 Å². The Morgan fingerprint density at radius 2 is 2.00 bits per heavy atom. The number of anilines is 1. The zero-order valence-electron chi connectivity index (χ0n) is 8.90. The van der Waals surface area contributed by atoms with Gasteiger partial charge in [0.15, 0.2) is 9.84 Å². The predicted molar refractivity (Wildman–Crippen MR) is 63.5 cm³/mol. The number of carbonyl (C=O) groups is 1. The molecule has 0 aliphatic rings. The fourth-order valence-electron chi connectivity index (χ4n) is 1.13. The Labute approximate surface area is 99.5 Å². The highest BCUT2D eigenvalue weighted by atomic mass is 35.5. The molecule has 0 spiro atoms. The van der Waals surface area contributed by atoms with Gasteiger partial charge in [-0.1, -0.05) is 11.6 Å². The summed E-state index contributed by atoms with van der Waals surface area (Å²) in [6.07, 6.45) is 0.451. The molecule has 1 rings (SSSR count). The molecule has 0 unspecified atom stereocenters. The Kier molecular flexibility index (Phi) is 3.93. The van der Waals surface area contributed by atoms with Crippen molar-refractivity contribution in [3.05, 3.63) is 23.2 Å². The number of nitrogens with one attached hydrogen (secondary N) is 1. The molecule has 16 heavy (non-hydrogen) atoms. The van der Waals surface area contributed by atoms with Crippen LogP contribution in [0.1, 0.15) is 13.8 Å². The number of rotatable bonds is 4. The van der Waals surface area contributed by atoms with Crippen molar-refractivity contribution in [3.8, 4) is 0 Å². The van der Waals surface area contributed by atoms with Gasteiger partial charge in [-0.05, 0) is 32.0 Å². The molecular weight excluding hydrogens is 250 g/mol. The second kappa shape index (κ2) is 4.84. The lowest BCUT2D eigenvalue weighted by molar-refractivity contribution is -0.105. The molecule has 88 valence electrons. The first kappa shape index (κ1) is 13.0. The molecule has 0 saturated carbocycles. The number of hydrogen-bond acceptors (Lipinski definition) is 3. The molecule has 0 saturated heterocycles. The van der Waals surface area contributed by atoms with Gasteiger partial charge in [-0.25, -0.2) is 8.42 Å². The van der Waals surface area contributed by atoms with Gasteiger partial charge in [0, 0.05) is 0 Å². The topological polar surface area (TPSA) is 63.2 Å². The highest BCUT2D eigenvalue weighted by molar-refractivity contribution is 7.92. The van der Waals surface area contributed by atoms with E-state index < -0.39 is 15.1 Å². The average molecular weight is 262 g/mol. The third-order valence-electron chi connectivity index (χ3n) is 2.10. The van der Waals surface area contributed by atoms with Crippen molar-refractivity contribution in [2.24, 2.45) is 0 Å². The lowest BCUT2D eigenvalue weighted by Gasteiger charge is -2.10. The van der Waals surface area contributed by atoms with E-state index in [1.165, 1.54) is 18.2 Å². The Morgan fingerprint density at radius 1 is 1.38 bits per heavy atom. The molecule has 1 amide bonds. The van der Waals surface area contributed by atoms with Crippen molar-refractivity contribution in [2.45, 2.75) is 24.0 Å². The second-order valence-corrected chi connectivity index (χ2v) is 6.41. The standard InChI is InChI=1S/C10H12ClNO3S/c1-7(2)16(14,15)8-3-4-9(11)10(5-8)12-6-13/h3-7H,1-2H3,(H,12,13). The third-order valence-corrected chi connectivity index (χ3v) is 4.58. The van der Waals surface area contributed by atoms with E-state index in [0.29, 0.717) is 17.1 Å². The van der Waals surface area contributed by atoms with Crippen LogP contribution in [0.25, 0.3) is 0 Å². The van der Waals surface area contributed by atoms with E-state index in [1.54, 1.807) is 13.8 Å².